The molecule has 0 bridgehead atoms. The molecular weight excluding hydrogens is 356 g/mol. The molecule has 8 heteroatoms. The van der Waals surface area contributed by atoms with E-state index in [1.54, 1.807) is 30.3 Å². The molecule has 0 unspecified atom stereocenters. The number of carbonyl (C=O) groups is 1. The van der Waals surface area contributed by atoms with Crippen molar-refractivity contribution in [2.45, 2.75) is 23.8 Å². The van der Waals surface area contributed by atoms with Gasteiger partial charge in [0.1, 0.15) is 0 Å². The van der Waals surface area contributed by atoms with Crippen molar-refractivity contribution in [2.75, 3.05) is 19.5 Å². The molecule has 0 heterocycles. The van der Waals surface area contributed by atoms with Gasteiger partial charge in [-0.3, -0.25) is 4.79 Å². The molecule has 1 aliphatic rings. The van der Waals surface area contributed by atoms with Crippen LogP contribution < -0.4 is 19.5 Å². The van der Waals surface area contributed by atoms with Crippen LogP contribution in [0.25, 0.3) is 0 Å². The zero-order valence-corrected chi connectivity index (χ0v) is 15.3. The third kappa shape index (κ3) is 4.14. The second kappa shape index (κ2) is 7.35. The molecule has 1 amide bonds. The maximum atomic E-state index is 12.5. The minimum Gasteiger partial charge on any atom is -0.493 e. The summed E-state index contributed by atoms with van der Waals surface area (Å²) in [5.74, 6) is 0.573. The van der Waals surface area contributed by atoms with Gasteiger partial charge in [0.15, 0.2) is 11.5 Å². The fourth-order valence-corrected chi connectivity index (χ4v) is 3.76. The number of sulfonamides is 1. The van der Waals surface area contributed by atoms with Crippen LogP contribution in [0.1, 0.15) is 23.2 Å². The summed E-state index contributed by atoms with van der Waals surface area (Å²) in [6.07, 6.45) is 1.71. The second-order valence-corrected chi connectivity index (χ2v) is 7.66. The molecule has 1 fully saturated rings. The minimum absolute atomic E-state index is 0.0185. The van der Waals surface area contributed by atoms with Crippen molar-refractivity contribution in [2.24, 2.45) is 0 Å². The Morgan fingerprint density at radius 2 is 1.77 bits per heavy atom. The van der Waals surface area contributed by atoms with Crippen LogP contribution >= 0.6 is 0 Å². The molecule has 1 saturated carbocycles. The lowest BCUT2D eigenvalue weighted by Gasteiger charge is -2.11. The van der Waals surface area contributed by atoms with E-state index < -0.39 is 10.0 Å². The molecule has 0 radical (unpaired) electrons. The highest BCUT2D eigenvalue weighted by atomic mass is 32.2. The van der Waals surface area contributed by atoms with Crippen molar-refractivity contribution in [3.63, 3.8) is 0 Å². The first-order chi connectivity index (χ1) is 12.4. The van der Waals surface area contributed by atoms with E-state index in [2.05, 4.69) is 10.0 Å². The molecule has 0 aromatic heterocycles. The number of hydrogen-bond acceptors (Lipinski definition) is 5. The second-order valence-electron chi connectivity index (χ2n) is 5.95. The normalized spacial score (nSPS) is 13.9. The lowest BCUT2D eigenvalue weighted by atomic mass is 10.2. The van der Waals surface area contributed by atoms with E-state index in [0.717, 1.165) is 12.8 Å². The summed E-state index contributed by atoms with van der Waals surface area (Å²) in [6.45, 7) is 0. The van der Waals surface area contributed by atoms with Gasteiger partial charge in [0.05, 0.1) is 19.1 Å². The van der Waals surface area contributed by atoms with Gasteiger partial charge in [-0.25, -0.2) is 13.1 Å². The smallest absolute Gasteiger partial charge is 0.255 e. The number of anilines is 1. The Labute approximate surface area is 152 Å². The number of methoxy groups -OCH3 is 2. The van der Waals surface area contributed by atoms with Gasteiger partial charge in [0.2, 0.25) is 10.0 Å². The third-order valence-corrected chi connectivity index (χ3v) is 5.47. The zero-order chi connectivity index (χ0) is 18.7. The number of nitrogens with one attached hydrogen (secondary N) is 2. The Balaban J connectivity index is 1.78. The molecule has 26 heavy (non-hydrogen) atoms. The molecule has 1 aliphatic carbocycles. The Kier molecular flexibility index (Phi) is 5.15. The summed E-state index contributed by atoms with van der Waals surface area (Å²) in [7, 11) is -0.578. The van der Waals surface area contributed by atoms with Crippen molar-refractivity contribution in [3.8, 4) is 11.5 Å². The predicted molar refractivity (Wildman–Crippen MR) is 97.3 cm³/mol. The van der Waals surface area contributed by atoms with E-state index in [9.17, 15) is 13.2 Å². The highest BCUT2D eigenvalue weighted by molar-refractivity contribution is 7.89. The van der Waals surface area contributed by atoms with E-state index >= 15 is 0 Å². The average Bonchev–Trinajstić information content (AvgIpc) is 3.44. The van der Waals surface area contributed by atoms with Gasteiger partial charge in [-0.1, -0.05) is 6.07 Å². The highest BCUT2D eigenvalue weighted by Crippen LogP contribution is 2.28. The molecule has 0 spiro atoms. The van der Waals surface area contributed by atoms with E-state index in [1.165, 1.54) is 26.4 Å². The van der Waals surface area contributed by atoms with Crippen LogP contribution in [0.4, 0.5) is 5.69 Å². The Morgan fingerprint density at radius 1 is 1.04 bits per heavy atom. The van der Waals surface area contributed by atoms with Gasteiger partial charge >= 0.3 is 0 Å². The van der Waals surface area contributed by atoms with Crippen LogP contribution in [0.15, 0.2) is 47.4 Å². The number of rotatable bonds is 7. The number of benzene rings is 2. The largest absolute Gasteiger partial charge is 0.493 e. The summed E-state index contributed by atoms with van der Waals surface area (Å²) in [5, 5.41) is 2.70. The van der Waals surface area contributed by atoms with Crippen LogP contribution in [0.2, 0.25) is 0 Å². The van der Waals surface area contributed by atoms with Gasteiger partial charge in [-0.05, 0) is 49.2 Å². The summed E-state index contributed by atoms with van der Waals surface area (Å²) in [6, 6.07) is 11.0. The lowest BCUT2D eigenvalue weighted by molar-refractivity contribution is 0.102. The molecular formula is C18H20N2O5S. The topological polar surface area (TPSA) is 93.7 Å². The van der Waals surface area contributed by atoms with Gasteiger partial charge < -0.3 is 14.8 Å². The monoisotopic (exact) mass is 376 g/mol. The van der Waals surface area contributed by atoms with Crippen LogP contribution in [0, 0.1) is 0 Å². The fraction of sp³-hybridized carbons (Fsp3) is 0.278. The van der Waals surface area contributed by atoms with Crippen LogP contribution in [0.3, 0.4) is 0 Å². The highest BCUT2D eigenvalue weighted by Gasteiger charge is 2.28. The van der Waals surface area contributed by atoms with E-state index in [4.69, 9.17) is 9.47 Å². The lowest BCUT2D eigenvalue weighted by Crippen LogP contribution is -2.25. The zero-order valence-electron chi connectivity index (χ0n) is 14.5. The van der Waals surface area contributed by atoms with E-state index in [0.29, 0.717) is 22.7 Å². The van der Waals surface area contributed by atoms with E-state index in [-0.39, 0.29) is 16.8 Å². The van der Waals surface area contributed by atoms with Crippen molar-refractivity contribution < 1.29 is 22.7 Å². The maximum absolute atomic E-state index is 12.5. The molecule has 2 N–H and O–H groups in total. The number of amides is 1. The first-order valence-electron chi connectivity index (χ1n) is 8.09. The predicted octanol–water partition coefficient (Wildman–Crippen LogP) is 2.40. The average molecular weight is 376 g/mol. The molecule has 0 atom stereocenters. The number of hydrogen-bond donors (Lipinski definition) is 2. The quantitative estimate of drug-likeness (QED) is 0.774. The molecule has 138 valence electrons. The Hall–Kier alpha value is -2.58. The third-order valence-electron chi connectivity index (χ3n) is 3.95. The first kappa shape index (κ1) is 18.2. The molecule has 2 aromatic rings. The van der Waals surface area contributed by atoms with Crippen molar-refractivity contribution in [1.82, 2.24) is 4.72 Å². The number of ether oxygens (including phenoxy) is 2. The van der Waals surface area contributed by atoms with Gasteiger partial charge in [-0.15, -0.1) is 0 Å². The Bertz CT molecular complexity index is 923. The molecule has 0 aliphatic heterocycles. The summed E-state index contributed by atoms with van der Waals surface area (Å²) < 4.78 is 37.5. The Morgan fingerprint density at radius 3 is 2.42 bits per heavy atom. The molecule has 3 rings (SSSR count). The van der Waals surface area contributed by atoms with Crippen molar-refractivity contribution in [3.05, 3.63) is 48.0 Å². The standard InChI is InChI=1S/C18H20N2O5S/c1-24-16-9-6-12(10-17(16)25-2)18(21)19-14-4-3-5-15(11-14)26(22,23)20-13-7-8-13/h3-6,9-11,13,20H,7-8H2,1-2H3,(H,19,21). The molecule has 0 saturated heterocycles. The SMILES string of the molecule is COc1ccc(C(=O)Nc2cccc(S(=O)(=O)NC3CC3)c2)cc1OC. The molecule has 2 aromatic carbocycles. The van der Waals surface area contributed by atoms with Gasteiger partial charge in [-0.2, -0.15) is 0 Å². The first-order valence-corrected chi connectivity index (χ1v) is 9.57. The molecule has 7 nitrogen and oxygen atoms in total. The maximum Gasteiger partial charge on any atom is 0.255 e. The minimum atomic E-state index is -3.58. The van der Waals surface area contributed by atoms with Gasteiger partial charge in [0.25, 0.3) is 5.91 Å². The van der Waals surface area contributed by atoms with Crippen molar-refractivity contribution in [1.29, 1.82) is 0 Å². The van der Waals surface area contributed by atoms with Crippen LogP contribution in [-0.4, -0.2) is 34.6 Å². The van der Waals surface area contributed by atoms with Crippen LogP contribution in [0.5, 0.6) is 11.5 Å². The van der Waals surface area contributed by atoms with E-state index in [1.807, 2.05) is 0 Å². The summed E-state index contributed by atoms with van der Waals surface area (Å²) in [4.78, 5) is 12.6. The fourth-order valence-electron chi connectivity index (χ4n) is 2.41. The summed E-state index contributed by atoms with van der Waals surface area (Å²) in [5.41, 5.74) is 0.760. The number of carbonyl (C=O) groups excluding carboxylic acids is 1. The summed E-state index contributed by atoms with van der Waals surface area (Å²) >= 11 is 0. The van der Waals surface area contributed by atoms with Crippen molar-refractivity contribution >= 4 is 21.6 Å². The van der Waals surface area contributed by atoms with Gasteiger partial charge in [0, 0.05) is 17.3 Å². The van der Waals surface area contributed by atoms with Crippen LogP contribution in [-0.2, 0) is 10.0 Å².